The van der Waals surface area contributed by atoms with Crippen LogP contribution in [0, 0.1) is 12.8 Å². The maximum Gasteiger partial charge on any atom is 0.193 e. The molecule has 3 rings (SSSR count). The molecule has 0 radical (unpaired) electrons. The third-order valence-corrected chi connectivity index (χ3v) is 3.13. The van der Waals surface area contributed by atoms with Crippen molar-refractivity contribution in [2.75, 3.05) is 17.2 Å². The third kappa shape index (κ3) is 1.25. The van der Waals surface area contributed by atoms with Crippen LogP contribution in [0.4, 0.5) is 11.5 Å². The molecular formula is C10H15N3O. The van der Waals surface area contributed by atoms with Gasteiger partial charge in [0, 0.05) is 12.6 Å². The molecule has 1 aliphatic carbocycles. The second-order valence-corrected chi connectivity index (χ2v) is 4.27. The molecule has 14 heavy (non-hydrogen) atoms. The van der Waals surface area contributed by atoms with Crippen molar-refractivity contribution < 1.29 is 4.52 Å². The summed E-state index contributed by atoms with van der Waals surface area (Å²) in [6.07, 6.45) is 3.91. The molecule has 1 unspecified atom stereocenters. The van der Waals surface area contributed by atoms with E-state index >= 15 is 0 Å². The summed E-state index contributed by atoms with van der Waals surface area (Å²) in [4.78, 5) is 0. The number of nitrogens with one attached hydrogen (secondary N) is 2. The van der Waals surface area contributed by atoms with E-state index in [0.29, 0.717) is 6.04 Å². The second kappa shape index (κ2) is 2.90. The van der Waals surface area contributed by atoms with Crippen molar-refractivity contribution in [2.45, 2.75) is 32.2 Å². The number of aromatic nitrogens is 1. The number of hydrogen-bond donors (Lipinski definition) is 2. The van der Waals surface area contributed by atoms with Crippen LogP contribution in [0.2, 0.25) is 0 Å². The molecule has 76 valence electrons. The summed E-state index contributed by atoms with van der Waals surface area (Å²) in [5.74, 6) is 2.64. The van der Waals surface area contributed by atoms with Crippen molar-refractivity contribution in [1.82, 2.24) is 5.16 Å². The molecule has 4 heteroatoms. The number of nitrogens with zero attached hydrogens (tertiary/aromatic N) is 1. The summed E-state index contributed by atoms with van der Waals surface area (Å²) in [6, 6.07) is 0.591. The molecule has 2 aliphatic rings. The zero-order chi connectivity index (χ0) is 9.54. The Morgan fingerprint density at radius 2 is 2.21 bits per heavy atom. The van der Waals surface area contributed by atoms with Gasteiger partial charge in [0.1, 0.15) is 5.69 Å². The van der Waals surface area contributed by atoms with Gasteiger partial charge in [-0.2, -0.15) is 0 Å². The molecule has 1 aromatic heterocycles. The van der Waals surface area contributed by atoms with Gasteiger partial charge in [-0.15, -0.1) is 0 Å². The zero-order valence-electron chi connectivity index (χ0n) is 8.34. The van der Waals surface area contributed by atoms with Crippen molar-refractivity contribution >= 4 is 11.5 Å². The number of fused-ring (bicyclic) bond motifs is 1. The second-order valence-electron chi connectivity index (χ2n) is 4.27. The fraction of sp³-hybridized carbons (Fsp3) is 0.700. The minimum Gasteiger partial charge on any atom is -0.379 e. The average Bonchev–Trinajstić information content (AvgIpc) is 2.98. The molecule has 2 heterocycles. The highest BCUT2D eigenvalue weighted by Crippen LogP contribution is 2.38. The van der Waals surface area contributed by atoms with Gasteiger partial charge < -0.3 is 15.2 Å². The summed E-state index contributed by atoms with van der Waals surface area (Å²) in [5.41, 5.74) is 1.05. The van der Waals surface area contributed by atoms with E-state index in [-0.39, 0.29) is 0 Å². The third-order valence-electron chi connectivity index (χ3n) is 3.13. The lowest BCUT2D eigenvalue weighted by atomic mass is 10.1. The summed E-state index contributed by atoms with van der Waals surface area (Å²) >= 11 is 0. The Kier molecular flexibility index (Phi) is 1.69. The predicted molar refractivity (Wildman–Crippen MR) is 54.5 cm³/mol. The molecule has 1 fully saturated rings. The van der Waals surface area contributed by atoms with Gasteiger partial charge >= 0.3 is 0 Å². The maximum absolute atomic E-state index is 5.15. The van der Waals surface area contributed by atoms with Gasteiger partial charge in [-0.25, -0.2) is 0 Å². The SMILES string of the molecule is Cc1onc2c1NCCC(C1CC1)N2. The van der Waals surface area contributed by atoms with Crippen LogP contribution in [-0.4, -0.2) is 17.7 Å². The normalized spacial score (nSPS) is 25.9. The molecule has 1 aliphatic heterocycles. The minimum absolute atomic E-state index is 0.591. The van der Waals surface area contributed by atoms with Gasteiger partial charge in [-0.1, -0.05) is 5.16 Å². The quantitative estimate of drug-likeness (QED) is 0.716. The van der Waals surface area contributed by atoms with E-state index in [4.69, 9.17) is 4.52 Å². The average molecular weight is 193 g/mol. The molecule has 1 aromatic rings. The van der Waals surface area contributed by atoms with Gasteiger partial charge in [-0.3, -0.25) is 0 Å². The van der Waals surface area contributed by atoms with Gasteiger partial charge in [-0.05, 0) is 32.1 Å². The molecule has 0 amide bonds. The first-order valence-corrected chi connectivity index (χ1v) is 5.31. The van der Waals surface area contributed by atoms with Crippen LogP contribution in [0.25, 0.3) is 0 Å². The Balaban J connectivity index is 1.86. The van der Waals surface area contributed by atoms with E-state index in [2.05, 4.69) is 15.8 Å². The highest BCUT2D eigenvalue weighted by molar-refractivity contribution is 5.67. The molecule has 0 spiro atoms. The molecule has 4 nitrogen and oxygen atoms in total. The highest BCUT2D eigenvalue weighted by Gasteiger charge is 2.33. The standard InChI is InChI=1S/C10H15N3O/c1-6-9-10(13-14-6)12-8(4-5-11-9)7-2-3-7/h7-8,11H,2-5H2,1H3,(H,12,13). The fourth-order valence-corrected chi connectivity index (χ4v) is 2.13. The molecule has 1 atom stereocenters. The smallest absolute Gasteiger partial charge is 0.193 e. The van der Waals surface area contributed by atoms with E-state index in [1.165, 1.54) is 19.3 Å². The molecule has 0 bridgehead atoms. The lowest BCUT2D eigenvalue weighted by molar-refractivity contribution is 0.398. The van der Waals surface area contributed by atoms with Crippen molar-refractivity contribution in [2.24, 2.45) is 5.92 Å². The first kappa shape index (κ1) is 8.15. The van der Waals surface area contributed by atoms with E-state index in [1.54, 1.807) is 0 Å². The van der Waals surface area contributed by atoms with Crippen LogP contribution in [-0.2, 0) is 0 Å². The summed E-state index contributed by atoms with van der Waals surface area (Å²) in [6.45, 7) is 2.96. The maximum atomic E-state index is 5.15. The zero-order valence-corrected chi connectivity index (χ0v) is 8.34. The molecule has 0 aromatic carbocycles. The van der Waals surface area contributed by atoms with Crippen LogP contribution >= 0.6 is 0 Å². The number of rotatable bonds is 1. The Bertz CT molecular complexity index is 343. The fourth-order valence-electron chi connectivity index (χ4n) is 2.13. The Morgan fingerprint density at radius 1 is 1.36 bits per heavy atom. The first-order valence-electron chi connectivity index (χ1n) is 5.31. The van der Waals surface area contributed by atoms with Crippen LogP contribution < -0.4 is 10.6 Å². The van der Waals surface area contributed by atoms with E-state index in [9.17, 15) is 0 Å². The Hall–Kier alpha value is -1.19. The summed E-state index contributed by atoms with van der Waals surface area (Å²) in [5, 5.41) is 10.9. The van der Waals surface area contributed by atoms with Crippen molar-refractivity contribution in [3.8, 4) is 0 Å². The molecular weight excluding hydrogens is 178 g/mol. The lowest BCUT2D eigenvalue weighted by Crippen LogP contribution is -2.22. The monoisotopic (exact) mass is 193 g/mol. The van der Waals surface area contributed by atoms with E-state index in [0.717, 1.165) is 29.7 Å². The number of anilines is 2. The highest BCUT2D eigenvalue weighted by atomic mass is 16.5. The van der Waals surface area contributed by atoms with Gasteiger partial charge in [0.2, 0.25) is 0 Å². The van der Waals surface area contributed by atoms with Gasteiger partial charge in [0.25, 0.3) is 0 Å². The largest absolute Gasteiger partial charge is 0.379 e. The van der Waals surface area contributed by atoms with E-state index in [1.807, 2.05) is 6.92 Å². The van der Waals surface area contributed by atoms with Crippen LogP contribution in [0.3, 0.4) is 0 Å². The molecule has 2 N–H and O–H groups in total. The minimum atomic E-state index is 0.591. The Morgan fingerprint density at radius 3 is 3.00 bits per heavy atom. The predicted octanol–water partition coefficient (Wildman–Crippen LogP) is 1.99. The van der Waals surface area contributed by atoms with Gasteiger partial charge in [0.05, 0.1) is 0 Å². The van der Waals surface area contributed by atoms with Crippen molar-refractivity contribution in [3.05, 3.63) is 5.76 Å². The van der Waals surface area contributed by atoms with Crippen LogP contribution in [0.5, 0.6) is 0 Å². The lowest BCUT2D eigenvalue weighted by Gasteiger charge is -2.13. The summed E-state index contributed by atoms with van der Waals surface area (Å²) < 4.78 is 5.15. The van der Waals surface area contributed by atoms with Gasteiger partial charge in [0.15, 0.2) is 11.6 Å². The summed E-state index contributed by atoms with van der Waals surface area (Å²) in [7, 11) is 0. The molecule has 0 saturated heterocycles. The number of aryl methyl sites for hydroxylation is 1. The topological polar surface area (TPSA) is 50.1 Å². The van der Waals surface area contributed by atoms with E-state index < -0.39 is 0 Å². The van der Waals surface area contributed by atoms with Crippen LogP contribution in [0.1, 0.15) is 25.0 Å². The first-order chi connectivity index (χ1) is 6.84. The number of hydrogen-bond acceptors (Lipinski definition) is 4. The molecule has 1 saturated carbocycles. The van der Waals surface area contributed by atoms with Crippen molar-refractivity contribution in [3.63, 3.8) is 0 Å². The Labute approximate surface area is 83.0 Å². The van der Waals surface area contributed by atoms with Crippen molar-refractivity contribution in [1.29, 1.82) is 0 Å². The van der Waals surface area contributed by atoms with Crippen LogP contribution in [0.15, 0.2) is 4.52 Å².